The lowest BCUT2D eigenvalue weighted by Gasteiger charge is -2.08. The van der Waals surface area contributed by atoms with E-state index in [1.165, 1.54) is 0 Å². The van der Waals surface area contributed by atoms with Crippen LogP contribution in [-0.2, 0) is 0 Å². The summed E-state index contributed by atoms with van der Waals surface area (Å²) in [5.41, 5.74) is 0. The minimum Gasteiger partial charge on any atom is -0.468 e. The van der Waals surface area contributed by atoms with E-state index < -0.39 is 0 Å². The topological polar surface area (TPSA) is 39.4 Å². The molecule has 3 nitrogen and oxygen atoms in total. The minimum atomic E-state index is -0.111. The van der Waals surface area contributed by atoms with Crippen LogP contribution in [0.2, 0.25) is 0 Å². The molecule has 3 aromatic heterocycles. The average molecular weight is 214 g/mol. The Bertz CT molecular complexity index is 436. The van der Waals surface area contributed by atoms with Crippen LogP contribution >= 0.6 is 0 Å². The molecule has 0 unspecified atom stereocenters. The van der Waals surface area contributed by atoms with Crippen molar-refractivity contribution in [3.05, 3.63) is 72.5 Å². The van der Waals surface area contributed by atoms with Gasteiger partial charge in [0, 0.05) is 0 Å². The second-order valence-electron chi connectivity index (χ2n) is 3.48. The van der Waals surface area contributed by atoms with Crippen molar-refractivity contribution in [3.8, 4) is 0 Å². The van der Waals surface area contributed by atoms with Gasteiger partial charge in [0.2, 0.25) is 0 Å². The lowest BCUT2D eigenvalue weighted by molar-refractivity contribution is 0.406. The molecule has 0 bridgehead atoms. The van der Waals surface area contributed by atoms with Gasteiger partial charge in [-0.1, -0.05) is 0 Å². The van der Waals surface area contributed by atoms with Gasteiger partial charge in [-0.3, -0.25) is 0 Å². The molecular weight excluding hydrogens is 204 g/mol. The first-order valence-electron chi connectivity index (χ1n) is 5.05. The van der Waals surface area contributed by atoms with Crippen molar-refractivity contribution in [2.24, 2.45) is 0 Å². The van der Waals surface area contributed by atoms with E-state index in [0.29, 0.717) is 0 Å². The van der Waals surface area contributed by atoms with Gasteiger partial charge in [-0.2, -0.15) is 0 Å². The highest BCUT2D eigenvalue weighted by atomic mass is 16.4. The Morgan fingerprint density at radius 1 is 0.625 bits per heavy atom. The fourth-order valence-corrected chi connectivity index (χ4v) is 1.79. The number of rotatable bonds is 3. The summed E-state index contributed by atoms with van der Waals surface area (Å²) >= 11 is 0. The third-order valence-corrected chi connectivity index (χ3v) is 2.48. The summed E-state index contributed by atoms with van der Waals surface area (Å²) < 4.78 is 16.3. The molecule has 0 radical (unpaired) electrons. The zero-order valence-corrected chi connectivity index (χ0v) is 8.50. The third kappa shape index (κ3) is 1.46. The standard InChI is InChI=1S/C13H10O3/c1-4-10(14-7-1)13(11-5-2-8-15-11)12-6-3-9-16-12/h1-9,13H. The van der Waals surface area contributed by atoms with E-state index >= 15 is 0 Å². The molecule has 3 rings (SSSR count). The SMILES string of the molecule is c1coc(C(c2ccco2)c2ccco2)c1. The summed E-state index contributed by atoms with van der Waals surface area (Å²) in [7, 11) is 0. The van der Waals surface area contributed by atoms with Gasteiger partial charge < -0.3 is 13.3 Å². The van der Waals surface area contributed by atoms with Crippen molar-refractivity contribution >= 4 is 0 Å². The summed E-state index contributed by atoms with van der Waals surface area (Å²) in [5.74, 6) is 2.32. The van der Waals surface area contributed by atoms with Crippen molar-refractivity contribution in [1.82, 2.24) is 0 Å². The second-order valence-corrected chi connectivity index (χ2v) is 3.48. The molecule has 3 heteroatoms. The fraction of sp³-hybridized carbons (Fsp3) is 0.0769. The number of furan rings is 3. The highest BCUT2D eigenvalue weighted by Crippen LogP contribution is 2.32. The smallest absolute Gasteiger partial charge is 0.133 e. The monoisotopic (exact) mass is 214 g/mol. The molecular formula is C13H10O3. The largest absolute Gasteiger partial charge is 0.468 e. The van der Waals surface area contributed by atoms with E-state index in [0.717, 1.165) is 17.3 Å². The molecule has 0 amide bonds. The van der Waals surface area contributed by atoms with Gasteiger partial charge in [0.15, 0.2) is 0 Å². The first-order valence-corrected chi connectivity index (χ1v) is 5.05. The molecule has 0 atom stereocenters. The van der Waals surface area contributed by atoms with Gasteiger partial charge in [-0.15, -0.1) is 0 Å². The highest BCUT2D eigenvalue weighted by Gasteiger charge is 2.24. The minimum absolute atomic E-state index is 0.111. The van der Waals surface area contributed by atoms with E-state index in [9.17, 15) is 0 Å². The highest BCUT2D eigenvalue weighted by molar-refractivity contribution is 5.29. The Morgan fingerprint density at radius 2 is 1.00 bits per heavy atom. The van der Waals surface area contributed by atoms with Gasteiger partial charge >= 0.3 is 0 Å². The summed E-state index contributed by atoms with van der Waals surface area (Å²) in [5, 5.41) is 0. The first-order chi connectivity index (χ1) is 7.95. The molecule has 0 fully saturated rings. The second kappa shape index (κ2) is 3.77. The molecule has 3 heterocycles. The molecule has 0 aliphatic heterocycles. The quantitative estimate of drug-likeness (QED) is 0.668. The molecule has 16 heavy (non-hydrogen) atoms. The fourth-order valence-electron chi connectivity index (χ4n) is 1.79. The van der Waals surface area contributed by atoms with E-state index in [-0.39, 0.29) is 5.92 Å². The Labute approximate surface area is 92.3 Å². The van der Waals surface area contributed by atoms with Crippen molar-refractivity contribution in [3.63, 3.8) is 0 Å². The summed E-state index contributed by atoms with van der Waals surface area (Å²) in [6.45, 7) is 0. The van der Waals surface area contributed by atoms with E-state index in [4.69, 9.17) is 13.3 Å². The van der Waals surface area contributed by atoms with Crippen LogP contribution in [0.4, 0.5) is 0 Å². The zero-order valence-electron chi connectivity index (χ0n) is 8.50. The molecule has 0 aliphatic carbocycles. The van der Waals surface area contributed by atoms with E-state index in [1.54, 1.807) is 18.8 Å². The molecule has 3 aromatic rings. The molecule has 0 aliphatic rings. The van der Waals surface area contributed by atoms with Crippen LogP contribution in [0, 0.1) is 0 Å². The lowest BCUT2D eigenvalue weighted by Crippen LogP contribution is -1.98. The number of hydrogen-bond donors (Lipinski definition) is 0. The van der Waals surface area contributed by atoms with Crippen molar-refractivity contribution in [1.29, 1.82) is 0 Å². The maximum absolute atomic E-state index is 5.42. The number of hydrogen-bond acceptors (Lipinski definition) is 3. The Kier molecular flexibility index (Phi) is 2.14. The molecule has 80 valence electrons. The molecule has 0 saturated carbocycles. The average Bonchev–Trinajstić information content (AvgIpc) is 3.02. The van der Waals surface area contributed by atoms with Crippen LogP contribution in [0.5, 0.6) is 0 Å². The van der Waals surface area contributed by atoms with Crippen LogP contribution in [-0.4, -0.2) is 0 Å². The van der Waals surface area contributed by atoms with Gasteiger partial charge in [-0.05, 0) is 36.4 Å². The Balaban J connectivity index is 2.09. The summed E-state index contributed by atoms with van der Waals surface area (Å²) in [4.78, 5) is 0. The Morgan fingerprint density at radius 3 is 1.25 bits per heavy atom. The van der Waals surface area contributed by atoms with E-state index in [2.05, 4.69) is 0 Å². The zero-order chi connectivity index (χ0) is 10.8. The lowest BCUT2D eigenvalue weighted by atomic mass is 10.0. The van der Waals surface area contributed by atoms with Gasteiger partial charge in [0.1, 0.15) is 23.2 Å². The molecule has 0 aromatic carbocycles. The molecule has 0 spiro atoms. The molecule has 0 saturated heterocycles. The third-order valence-electron chi connectivity index (χ3n) is 2.48. The van der Waals surface area contributed by atoms with Crippen molar-refractivity contribution < 1.29 is 13.3 Å². The molecule has 0 N–H and O–H groups in total. The van der Waals surface area contributed by atoms with Crippen LogP contribution < -0.4 is 0 Å². The van der Waals surface area contributed by atoms with Crippen molar-refractivity contribution in [2.75, 3.05) is 0 Å². The maximum atomic E-state index is 5.42. The first kappa shape index (κ1) is 9.09. The summed E-state index contributed by atoms with van der Waals surface area (Å²) in [6.07, 6.45) is 4.94. The van der Waals surface area contributed by atoms with Crippen LogP contribution in [0.15, 0.2) is 68.4 Å². The van der Waals surface area contributed by atoms with E-state index in [1.807, 2.05) is 36.4 Å². The van der Waals surface area contributed by atoms with Crippen LogP contribution in [0.25, 0.3) is 0 Å². The van der Waals surface area contributed by atoms with Gasteiger partial charge in [0.25, 0.3) is 0 Å². The van der Waals surface area contributed by atoms with Gasteiger partial charge in [-0.25, -0.2) is 0 Å². The van der Waals surface area contributed by atoms with Crippen LogP contribution in [0.3, 0.4) is 0 Å². The Hall–Kier alpha value is -2.16. The van der Waals surface area contributed by atoms with Crippen molar-refractivity contribution in [2.45, 2.75) is 5.92 Å². The van der Waals surface area contributed by atoms with Gasteiger partial charge in [0.05, 0.1) is 18.8 Å². The predicted molar refractivity (Wildman–Crippen MR) is 57.1 cm³/mol. The normalized spacial score (nSPS) is 11.1. The summed E-state index contributed by atoms with van der Waals surface area (Å²) in [6, 6.07) is 11.3. The predicted octanol–water partition coefficient (Wildman–Crippen LogP) is 3.65. The maximum Gasteiger partial charge on any atom is 0.133 e. The van der Waals surface area contributed by atoms with Crippen LogP contribution in [0.1, 0.15) is 23.2 Å².